The van der Waals surface area contributed by atoms with Gasteiger partial charge in [-0.05, 0) is 76.9 Å². The van der Waals surface area contributed by atoms with Gasteiger partial charge in [-0.2, -0.15) is 0 Å². The molecule has 1 aromatic rings. The summed E-state index contributed by atoms with van der Waals surface area (Å²) in [5, 5.41) is 10.6. The van der Waals surface area contributed by atoms with Gasteiger partial charge >= 0.3 is 0 Å². The van der Waals surface area contributed by atoms with Crippen LogP contribution in [0.4, 0.5) is 0 Å². The normalized spacial score (nSPS) is 30.2. The van der Waals surface area contributed by atoms with Crippen LogP contribution in [-0.2, 0) is 0 Å². The summed E-state index contributed by atoms with van der Waals surface area (Å²) in [6, 6.07) is 6.19. The van der Waals surface area contributed by atoms with Crippen molar-refractivity contribution >= 4 is 38.5 Å². The number of aliphatic hydroxyl groups is 1. The lowest BCUT2D eigenvalue weighted by molar-refractivity contribution is 0.0556. The third-order valence-electron chi connectivity index (χ3n) is 4.36. The zero-order chi connectivity index (χ0) is 13.3. The summed E-state index contributed by atoms with van der Waals surface area (Å²) >= 11 is 5.86. The number of aliphatic hydroxyl groups excluding tert-OH is 1. The summed E-state index contributed by atoms with van der Waals surface area (Å²) in [5.74, 6) is 1.93. The molecule has 18 heavy (non-hydrogen) atoms. The SMILES string of the molecule is CC1CCC(C(O)c2cc(I)ccc2Br)CC1C. The molecule has 1 saturated carbocycles. The molecule has 3 heteroatoms. The molecule has 0 aliphatic heterocycles. The summed E-state index contributed by atoms with van der Waals surface area (Å²) in [6.07, 6.45) is 3.19. The maximum atomic E-state index is 10.6. The van der Waals surface area contributed by atoms with Gasteiger partial charge in [-0.15, -0.1) is 0 Å². The molecule has 4 atom stereocenters. The lowest BCUT2D eigenvalue weighted by atomic mass is 9.73. The highest BCUT2D eigenvalue weighted by Gasteiger charge is 2.30. The molecule has 1 nitrogen and oxygen atoms in total. The molecule has 2 rings (SSSR count). The predicted molar refractivity (Wildman–Crippen MR) is 87.5 cm³/mol. The maximum Gasteiger partial charge on any atom is 0.0829 e. The molecule has 1 aromatic carbocycles. The van der Waals surface area contributed by atoms with E-state index in [1.54, 1.807) is 0 Å². The van der Waals surface area contributed by atoms with Crippen molar-refractivity contribution < 1.29 is 5.11 Å². The molecular weight excluding hydrogens is 403 g/mol. The third kappa shape index (κ3) is 3.28. The molecule has 1 aliphatic carbocycles. The van der Waals surface area contributed by atoms with Crippen molar-refractivity contribution in [2.24, 2.45) is 17.8 Å². The van der Waals surface area contributed by atoms with E-state index in [0.717, 1.165) is 34.7 Å². The average Bonchev–Trinajstić information content (AvgIpc) is 2.35. The van der Waals surface area contributed by atoms with Crippen molar-refractivity contribution in [3.05, 3.63) is 31.8 Å². The number of benzene rings is 1. The van der Waals surface area contributed by atoms with Crippen LogP contribution in [0.25, 0.3) is 0 Å². The van der Waals surface area contributed by atoms with Crippen molar-refractivity contribution in [2.75, 3.05) is 0 Å². The quantitative estimate of drug-likeness (QED) is 0.652. The van der Waals surface area contributed by atoms with Gasteiger partial charge in [0, 0.05) is 8.04 Å². The predicted octanol–water partition coefficient (Wildman–Crippen LogP) is 5.16. The van der Waals surface area contributed by atoms with Gasteiger partial charge in [0.2, 0.25) is 0 Å². The maximum absolute atomic E-state index is 10.6. The highest BCUT2D eigenvalue weighted by atomic mass is 127. The van der Waals surface area contributed by atoms with Gasteiger partial charge in [0.05, 0.1) is 6.10 Å². The van der Waals surface area contributed by atoms with E-state index in [1.807, 2.05) is 6.07 Å². The van der Waals surface area contributed by atoms with Crippen molar-refractivity contribution in [3.63, 3.8) is 0 Å². The van der Waals surface area contributed by atoms with E-state index in [0.29, 0.717) is 5.92 Å². The molecule has 1 fully saturated rings. The van der Waals surface area contributed by atoms with Gasteiger partial charge in [-0.1, -0.05) is 36.2 Å². The molecule has 4 unspecified atom stereocenters. The fourth-order valence-electron chi connectivity index (χ4n) is 2.87. The molecular formula is C15H20BrIO. The first-order valence-electron chi connectivity index (χ1n) is 6.62. The number of halogens is 2. The Bertz CT molecular complexity index is 421. The summed E-state index contributed by atoms with van der Waals surface area (Å²) < 4.78 is 2.21. The van der Waals surface area contributed by atoms with Gasteiger partial charge in [-0.3, -0.25) is 0 Å². The molecule has 0 amide bonds. The highest BCUT2D eigenvalue weighted by molar-refractivity contribution is 14.1. The van der Waals surface area contributed by atoms with Gasteiger partial charge in [0.1, 0.15) is 0 Å². The van der Waals surface area contributed by atoms with E-state index >= 15 is 0 Å². The number of hydrogen-bond donors (Lipinski definition) is 1. The van der Waals surface area contributed by atoms with Crippen molar-refractivity contribution in [1.29, 1.82) is 0 Å². The third-order valence-corrected chi connectivity index (χ3v) is 5.76. The first-order chi connectivity index (χ1) is 8.49. The Morgan fingerprint density at radius 2 is 2.00 bits per heavy atom. The first kappa shape index (κ1) is 14.8. The smallest absolute Gasteiger partial charge is 0.0829 e. The largest absolute Gasteiger partial charge is 0.388 e. The van der Waals surface area contributed by atoms with Gasteiger partial charge in [0.15, 0.2) is 0 Å². The van der Waals surface area contributed by atoms with Crippen LogP contribution in [0.15, 0.2) is 22.7 Å². The zero-order valence-corrected chi connectivity index (χ0v) is 14.6. The van der Waals surface area contributed by atoms with E-state index in [2.05, 4.69) is 64.5 Å². The van der Waals surface area contributed by atoms with Crippen LogP contribution in [0, 0.1) is 21.3 Å². The van der Waals surface area contributed by atoms with Crippen molar-refractivity contribution in [3.8, 4) is 0 Å². The molecule has 100 valence electrons. The Hall–Kier alpha value is 0.390. The molecule has 0 radical (unpaired) electrons. The van der Waals surface area contributed by atoms with Gasteiger partial charge in [-0.25, -0.2) is 0 Å². The standard InChI is InChI=1S/C15H20BrIO/c1-9-3-4-11(7-10(9)2)15(18)13-8-12(17)5-6-14(13)16/h5-6,8-11,15,18H,3-4,7H2,1-2H3. The number of rotatable bonds is 2. The summed E-state index contributed by atoms with van der Waals surface area (Å²) in [5.41, 5.74) is 1.05. The van der Waals surface area contributed by atoms with E-state index in [1.165, 1.54) is 9.99 Å². The van der Waals surface area contributed by atoms with E-state index in [9.17, 15) is 5.11 Å². The molecule has 0 aromatic heterocycles. The molecule has 1 N–H and O–H groups in total. The van der Waals surface area contributed by atoms with Gasteiger partial charge in [0.25, 0.3) is 0 Å². The number of hydrogen-bond acceptors (Lipinski definition) is 1. The Labute approximate surface area is 132 Å². The minimum Gasteiger partial charge on any atom is -0.388 e. The second-order valence-corrected chi connectivity index (χ2v) is 7.74. The summed E-state index contributed by atoms with van der Waals surface area (Å²) in [7, 11) is 0. The van der Waals surface area contributed by atoms with Crippen LogP contribution in [0.1, 0.15) is 44.8 Å². The van der Waals surface area contributed by atoms with E-state index in [-0.39, 0.29) is 6.10 Å². The molecule has 0 heterocycles. The van der Waals surface area contributed by atoms with Crippen LogP contribution >= 0.6 is 38.5 Å². The molecule has 0 bridgehead atoms. The van der Waals surface area contributed by atoms with E-state index < -0.39 is 0 Å². The fourth-order valence-corrected chi connectivity index (χ4v) is 3.87. The first-order valence-corrected chi connectivity index (χ1v) is 8.49. The van der Waals surface area contributed by atoms with Crippen molar-refractivity contribution in [2.45, 2.75) is 39.2 Å². The lowest BCUT2D eigenvalue weighted by Crippen LogP contribution is -2.25. The molecule has 1 aliphatic rings. The second-order valence-electron chi connectivity index (χ2n) is 5.64. The minimum atomic E-state index is -0.330. The monoisotopic (exact) mass is 422 g/mol. The Morgan fingerprint density at radius 1 is 1.28 bits per heavy atom. The molecule has 0 spiro atoms. The van der Waals surface area contributed by atoms with Crippen LogP contribution in [0.2, 0.25) is 0 Å². The van der Waals surface area contributed by atoms with Crippen LogP contribution < -0.4 is 0 Å². The van der Waals surface area contributed by atoms with Gasteiger partial charge < -0.3 is 5.11 Å². The minimum absolute atomic E-state index is 0.330. The Morgan fingerprint density at radius 3 is 2.67 bits per heavy atom. The highest BCUT2D eigenvalue weighted by Crippen LogP contribution is 2.41. The zero-order valence-electron chi connectivity index (χ0n) is 10.9. The van der Waals surface area contributed by atoms with Crippen LogP contribution in [0.5, 0.6) is 0 Å². The Balaban J connectivity index is 2.16. The second kappa shape index (κ2) is 6.23. The lowest BCUT2D eigenvalue weighted by Gasteiger charge is -2.35. The van der Waals surface area contributed by atoms with Crippen LogP contribution in [0.3, 0.4) is 0 Å². The summed E-state index contributed by atoms with van der Waals surface area (Å²) in [6.45, 7) is 4.64. The topological polar surface area (TPSA) is 20.2 Å². The molecule has 0 saturated heterocycles. The average molecular weight is 423 g/mol. The Kier molecular flexibility index (Phi) is 5.12. The van der Waals surface area contributed by atoms with Crippen LogP contribution in [-0.4, -0.2) is 5.11 Å². The fraction of sp³-hybridized carbons (Fsp3) is 0.600. The van der Waals surface area contributed by atoms with E-state index in [4.69, 9.17) is 0 Å². The summed E-state index contributed by atoms with van der Waals surface area (Å²) in [4.78, 5) is 0. The van der Waals surface area contributed by atoms with Crippen molar-refractivity contribution in [1.82, 2.24) is 0 Å².